The normalized spacial score (nSPS) is 23.7. The number of aliphatic carboxylic acids is 1. The number of hydrogen-bond donors (Lipinski definition) is 1. The standard InChI is InChI=1S/C14H17ClFNO2/c1-2-14(13(18)19)4-3-5-17(14)9-10-6-11(15)8-12(16)7-10/h6-8H,2-5,9H2,1H3,(H,18,19). The molecule has 0 saturated carbocycles. The second kappa shape index (κ2) is 5.47. The van der Waals surface area contributed by atoms with Crippen LogP contribution in [-0.4, -0.2) is 28.1 Å². The first-order valence-corrected chi connectivity index (χ1v) is 6.79. The van der Waals surface area contributed by atoms with E-state index in [4.69, 9.17) is 11.6 Å². The van der Waals surface area contributed by atoms with E-state index in [0.29, 0.717) is 36.5 Å². The highest BCUT2D eigenvalue weighted by Crippen LogP contribution is 2.34. The molecule has 0 radical (unpaired) electrons. The molecule has 0 aliphatic carbocycles. The molecule has 0 amide bonds. The van der Waals surface area contributed by atoms with E-state index < -0.39 is 11.5 Å². The maximum Gasteiger partial charge on any atom is 0.324 e. The van der Waals surface area contributed by atoms with Crippen molar-refractivity contribution < 1.29 is 14.3 Å². The van der Waals surface area contributed by atoms with Gasteiger partial charge in [0.25, 0.3) is 0 Å². The van der Waals surface area contributed by atoms with Crippen molar-refractivity contribution in [3.63, 3.8) is 0 Å². The van der Waals surface area contributed by atoms with Crippen LogP contribution in [0.15, 0.2) is 18.2 Å². The number of carbonyl (C=O) groups is 1. The summed E-state index contributed by atoms with van der Waals surface area (Å²) in [4.78, 5) is 13.5. The Morgan fingerprint density at radius 3 is 2.84 bits per heavy atom. The molecule has 3 nitrogen and oxygen atoms in total. The molecule has 1 aromatic carbocycles. The Labute approximate surface area is 117 Å². The third kappa shape index (κ3) is 2.74. The molecule has 104 valence electrons. The van der Waals surface area contributed by atoms with Crippen molar-refractivity contribution >= 4 is 17.6 Å². The van der Waals surface area contributed by atoms with Gasteiger partial charge in [-0.2, -0.15) is 0 Å². The fraction of sp³-hybridized carbons (Fsp3) is 0.500. The lowest BCUT2D eigenvalue weighted by Gasteiger charge is -2.33. The van der Waals surface area contributed by atoms with Crippen LogP contribution in [0, 0.1) is 5.82 Å². The molecule has 2 rings (SSSR count). The summed E-state index contributed by atoms with van der Waals surface area (Å²) in [6, 6.07) is 4.34. The predicted molar refractivity (Wildman–Crippen MR) is 71.7 cm³/mol. The second-order valence-corrected chi connectivity index (χ2v) is 5.43. The average molecular weight is 286 g/mol. The molecule has 1 saturated heterocycles. The number of carboxylic acids is 1. The number of carboxylic acid groups (broad SMARTS) is 1. The number of nitrogens with zero attached hydrogens (tertiary/aromatic N) is 1. The van der Waals surface area contributed by atoms with Crippen LogP contribution in [0.2, 0.25) is 5.02 Å². The van der Waals surface area contributed by atoms with Gasteiger partial charge in [0, 0.05) is 11.6 Å². The summed E-state index contributed by atoms with van der Waals surface area (Å²) in [5.41, 5.74) is -0.107. The molecule has 0 bridgehead atoms. The molecule has 19 heavy (non-hydrogen) atoms. The smallest absolute Gasteiger partial charge is 0.324 e. The van der Waals surface area contributed by atoms with Gasteiger partial charge < -0.3 is 5.11 Å². The molecular formula is C14H17ClFNO2. The molecule has 0 aromatic heterocycles. The number of likely N-dealkylation sites (tertiary alicyclic amines) is 1. The molecule has 1 unspecified atom stereocenters. The van der Waals surface area contributed by atoms with Crippen molar-refractivity contribution in [2.45, 2.75) is 38.3 Å². The fourth-order valence-corrected chi connectivity index (χ4v) is 3.13. The molecule has 1 N–H and O–H groups in total. The van der Waals surface area contributed by atoms with E-state index in [1.165, 1.54) is 12.1 Å². The molecule has 1 heterocycles. The zero-order valence-corrected chi connectivity index (χ0v) is 11.6. The van der Waals surface area contributed by atoms with Crippen LogP contribution in [-0.2, 0) is 11.3 Å². The summed E-state index contributed by atoms with van der Waals surface area (Å²) >= 11 is 5.83. The summed E-state index contributed by atoms with van der Waals surface area (Å²) in [6.07, 6.45) is 2.04. The van der Waals surface area contributed by atoms with Crippen molar-refractivity contribution in [3.05, 3.63) is 34.6 Å². The van der Waals surface area contributed by atoms with Crippen LogP contribution in [0.1, 0.15) is 31.7 Å². The second-order valence-electron chi connectivity index (χ2n) is 4.99. The molecule has 5 heteroatoms. The Bertz CT molecular complexity index is 474. The lowest BCUT2D eigenvalue weighted by atomic mass is 9.92. The van der Waals surface area contributed by atoms with Crippen LogP contribution in [0.4, 0.5) is 4.39 Å². The Morgan fingerprint density at radius 1 is 1.53 bits per heavy atom. The molecule has 0 spiro atoms. The van der Waals surface area contributed by atoms with Crippen molar-refractivity contribution in [1.82, 2.24) is 4.90 Å². The van der Waals surface area contributed by atoms with Crippen molar-refractivity contribution in [2.24, 2.45) is 0 Å². The van der Waals surface area contributed by atoms with E-state index in [9.17, 15) is 14.3 Å². The molecular weight excluding hydrogens is 269 g/mol. The number of rotatable bonds is 4. The van der Waals surface area contributed by atoms with Gasteiger partial charge in [0.05, 0.1) is 0 Å². The Morgan fingerprint density at radius 2 is 2.26 bits per heavy atom. The minimum atomic E-state index is -0.821. The Balaban J connectivity index is 2.24. The molecule has 1 aliphatic rings. The van der Waals surface area contributed by atoms with Crippen LogP contribution in [0.5, 0.6) is 0 Å². The lowest BCUT2D eigenvalue weighted by molar-refractivity contribution is -0.150. The first-order chi connectivity index (χ1) is 8.98. The van der Waals surface area contributed by atoms with Crippen molar-refractivity contribution in [1.29, 1.82) is 0 Å². The summed E-state index contributed by atoms with van der Waals surface area (Å²) in [5.74, 6) is -1.19. The van der Waals surface area contributed by atoms with Gasteiger partial charge in [-0.25, -0.2) is 4.39 Å². The highest BCUT2D eigenvalue weighted by Gasteiger charge is 2.45. The van der Waals surface area contributed by atoms with Gasteiger partial charge in [-0.1, -0.05) is 18.5 Å². The minimum Gasteiger partial charge on any atom is -0.480 e. The van der Waals surface area contributed by atoms with Gasteiger partial charge in [0.1, 0.15) is 11.4 Å². The number of benzene rings is 1. The summed E-state index contributed by atoms with van der Waals surface area (Å²) < 4.78 is 13.3. The molecule has 1 fully saturated rings. The van der Waals surface area contributed by atoms with Crippen molar-refractivity contribution in [3.8, 4) is 0 Å². The van der Waals surface area contributed by atoms with Gasteiger partial charge in [-0.15, -0.1) is 0 Å². The topological polar surface area (TPSA) is 40.5 Å². The summed E-state index contributed by atoms with van der Waals surface area (Å²) in [5, 5.41) is 9.82. The van der Waals surface area contributed by atoms with Gasteiger partial charge in [0.15, 0.2) is 0 Å². The average Bonchev–Trinajstić information content (AvgIpc) is 2.71. The monoisotopic (exact) mass is 285 g/mol. The summed E-state index contributed by atoms with van der Waals surface area (Å²) in [7, 11) is 0. The minimum absolute atomic E-state index is 0.339. The van der Waals surface area contributed by atoms with Gasteiger partial charge in [-0.3, -0.25) is 9.69 Å². The van der Waals surface area contributed by atoms with E-state index in [1.54, 1.807) is 6.07 Å². The van der Waals surface area contributed by atoms with E-state index in [1.807, 2.05) is 11.8 Å². The van der Waals surface area contributed by atoms with E-state index in [-0.39, 0.29) is 5.82 Å². The Hall–Kier alpha value is -1.13. The van der Waals surface area contributed by atoms with Crippen LogP contribution >= 0.6 is 11.6 Å². The lowest BCUT2D eigenvalue weighted by Crippen LogP contribution is -2.49. The van der Waals surface area contributed by atoms with Crippen LogP contribution < -0.4 is 0 Å². The van der Waals surface area contributed by atoms with E-state index in [0.717, 1.165) is 6.42 Å². The predicted octanol–water partition coefficient (Wildman–Crippen LogP) is 3.31. The largest absolute Gasteiger partial charge is 0.480 e. The maximum atomic E-state index is 13.3. The third-order valence-electron chi connectivity index (χ3n) is 3.90. The fourth-order valence-electron chi connectivity index (χ4n) is 2.88. The van der Waals surface area contributed by atoms with Crippen molar-refractivity contribution in [2.75, 3.05) is 6.54 Å². The van der Waals surface area contributed by atoms with Gasteiger partial charge in [0.2, 0.25) is 0 Å². The SMILES string of the molecule is CCC1(C(=O)O)CCCN1Cc1cc(F)cc(Cl)c1. The number of hydrogen-bond acceptors (Lipinski definition) is 2. The Kier molecular flexibility index (Phi) is 4.11. The molecule has 1 atom stereocenters. The van der Waals surface area contributed by atoms with Crippen LogP contribution in [0.25, 0.3) is 0 Å². The first kappa shape index (κ1) is 14.3. The number of halogens is 2. The quantitative estimate of drug-likeness (QED) is 0.923. The van der Waals surface area contributed by atoms with Gasteiger partial charge in [-0.05, 0) is 49.6 Å². The van der Waals surface area contributed by atoms with Gasteiger partial charge >= 0.3 is 5.97 Å². The van der Waals surface area contributed by atoms with E-state index >= 15 is 0 Å². The molecule has 1 aliphatic heterocycles. The maximum absolute atomic E-state index is 13.3. The zero-order valence-electron chi connectivity index (χ0n) is 10.8. The summed E-state index contributed by atoms with van der Waals surface area (Å²) in [6.45, 7) is 3.01. The zero-order chi connectivity index (χ0) is 14.0. The highest BCUT2D eigenvalue weighted by atomic mass is 35.5. The highest BCUT2D eigenvalue weighted by molar-refractivity contribution is 6.30. The molecule has 1 aromatic rings. The third-order valence-corrected chi connectivity index (χ3v) is 4.12. The van der Waals surface area contributed by atoms with E-state index in [2.05, 4.69) is 0 Å². The van der Waals surface area contributed by atoms with Crippen LogP contribution in [0.3, 0.4) is 0 Å². The first-order valence-electron chi connectivity index (χ1n) is 6.41.